The Balaban J connectivity index is 1.20. The normalized spacial score (nSPS) is 15.3. The van der Waals surface area contributed by atoms with Crippen molar-refractivity contribution in [2.75, 3.05) is 0 Å². The van der Waals surface area contributed by atoms with Gasteiger partial charge in [0, 0.05) is 22.0 Å². The number of aliphatic imine (C=N–C) groups is 2. The lowest BCUT2D eigenvalue weighted by molar-refractivity contribution is 0.748. The van der Waals surface area contributed by atoms with Crippen LogP contribution in [0.1, 0.15) is 67.0 Å². The van der Waals surface area contributed by atoms with Gasteiger partial charge in [0.25, 0.3) is 0 Å². The average molecular weight is 682 g/mol. The fraction of sp³-hybridized carbons (Fsp3) is 0.120. The van der Waals surface area contributed by atoms with Gasteiger partial charge in [0.15, 0.2) is 5.84 Å². The van der Waals surface area contributed by atoms with Crippen molar-refractivity contribution in [3.05, 3.63) is 208 Å². The van der Waals surface area contributed by atoms with E-state index in [9.17, 15) is 0 Å². The maximum Gasteiger partial charge on any atom is 0.160 e. The summed E-state index contributed by atoms with van der Waals surface area (Å²) in [7, 11) is 0. The molecule has 254 valence electrons. The Morgan fingerprint density at radius 3 is 1.98 bits per heavy atom. The zero-order chi connectivity index (χ0) is 35.7. The minimum Gasteiger partial charge on any atom is -0.309 e. The third kappa shape index (κ3) is 4.60. The first-order chi connectivity index (χ1) is 26.1. The lowest BCUT2D eigenvalue weighted by Crippen LogP contribution is -2.33. The molecule has 0 atom stereocenters. The summed E-state index contributed by atoms with van der Waals surface area (Å²) in [4.78, 5) is 10.6. The van der Waals surface area contributed by atoms with Crippen LogP contribution in [-0.2, 0) is 5.41 Å². The van der Waals surface area contributed by atoms with Gasteiger partial charge in [-0.1, -0.05) is 145 Å². The molecule has 3 aliphatic rings. The van der Waals surface area contributed by atoms with Crippen LogP contribution in [-0.4, -0.2) is 16.1 Å². The molecule has 2 aliphatic carbocycles. The predicted octanol–water partition coefficient (Wildman–Crippen LogP) is 12.3. The van der Waals surface area contributed by atoms with Crippen molar-refractivity contribution in [1.29, 1.82) is 0 Å². The van der Waals surface area contributed by atoms with Gasteiger partial charge < -0.3 is 4.57 Å². The first kappa shape index (κ1) is 31.4. The van der Waals surface area contributed by atoms with E-state index in [1.807, 2.05) is 6.07 Å². The molecule has 0 bridgehead atoms. The summed E-state index contributed by atoms with van der Waals surface area (Å²) in [5.74, 6) is 0.719. The van der Waals surface area contributed by atoms with Crippen molar-refractivity contribution in [3.8, 4) is 16.8 Å². The number of rotatable bonds is 4. The molecule has 2 heterocycles. The van der Waals surface area contributed by atoms with Gasteiger partial charge in [-0.3, -0.25) is 0 Å². The van der Waals surface area contributed by atoms with E-state index in [2.05, 4.69) is 177 Å². The highest BCUT2D eigenvalue weighted by Gasteiger charge is 2.50. The molecular formula is C50H39N3. The average Bonchev–Trinajstić information content (AvgIpc) is 3.70. The number of amidine groups is 1. The summed E-state index contributed by atoms with van der Waals surface area (Å²) in [5, 5.41) is 2.48. The van der Waals surface area contributed by atoms with Crippen molar-refractivity contribution in [2.24, 2.45) is 9.98 Å². The van der Waals surface area contributed by atoms with Crippen LogP contribution in [0.2, 0.25) is 0 Å². The largest absolute Gasteiger partial charge is 0.309 e. The van der Waals surface area contributed by atoms with E-state index in [-0.39, 0.29) is 0 Å². The maximum absolute atomic E-state index is 5.30. The molecule has 1 aliphatic heterocycles. The Kier molecular flexibility index (Phi) is 7.19. The van der Waals surface area contributed by atoms with E-state index in [0.29, 0.717) is 0 Å². The van der Waals surface area contributed by atoms with E-state index < -0.39 is 5.41 Å². The van der Waals surface area contributed by atoms with E-state index in [0.717, 1.165) is 41.2 Å². The van der Waals surface area contributed by atoms with Crippen LogP contribution in [0.4, 0.5) is 0 Å². The quantitative estimate of drug-likeness (QED) is 0.131. The molecule has 10 rings (SSSR count). The third-order valence-corrected chi connectivity index (χ3v) is 11.4. The summed E-state index contributed by atoms with van der Waals surface area (Å²) in [6, 6.07) is 51.2. The number of hydrogen-bond acceptors (Lipinski definition) is 1. The van der Waals surface area contributed by atoms with Crippen LogP contribution in [0.25, 0.3) is 38.6 Å². The van der Waals surface area contributed by atoms with Gasteiger partial charge in [-0.25, -0.2) is 9.98 Å². The molecule has 0 N–H and O–H groups in total. The van der Waals surface area contributed by atoms with Crippen LogP contribution in [0.15, 0.2) is 185 Å². The summed E-state index contributed by atoms with van der Waals surface area (Å²) >= 11 is 0. The number of nitrogens with zero attached hydrogens (tertiary/aromatic N) is 3. The molecule has 1 spiro atoms. The van der Waals surface area contributed by atoms with Crippen LogP contribution in [0, 0.1) is 0 Å². The van der Waals surface area contributed by atoms with Crippen molar-refractivity contribution < 1.29 is 0 Å². The number of para-hydroxylation sites is 2. The second-order valence-corrected chi connectivity index (χ2v) is 14.6. The van der Waals surface area contributed by atoms with Crippen LogP contribution < -0.4 is 0 Å². The van der Waals surface area contributed by atoms with E-state index in [1.165, 1.54) is 72.0 Å². The summed E-state index contributed by atoms with van der Waals surface area (Å²) in [6.07, 6.45) is 8.83. The Bertz CT molecular complexity index is 2750. The van der Waals surface area contributed by atoms with Crippen molar-refractivity contribution in [2.45, 2.75) is 39.0 Å². The minimum absolute atomic E-state index is 0.416. The molecule has 0 saturated carbocycles. The lowest BCUT2D eigenvalue weighted by atomic mass is 9.65. The zero-order valence-corrected chi connectivity index (χ0v) is 30.3. The number of fused-ring (bicyclic) bond motifs is 12. The molecular weight excluding hydrogens is 643 g/mol. The Hall–Kier alpha value is -6.32. The van der Waals surface area contributed by atoms with Gasteiger partial charge in [-0.15, -0.1) is 0 Å². The van der Waals surface area contributed by atoms with Gasteiger partial charge in [-0.05, 0) is 96.3 Å². The Morgan fingerprint density at radius 2 is 1.26 bits per heavy atom. The monoisotopic (exact) mass is 681 g/mol. The standard InChI is InChI=1S/C50H39N3/c1-32(2)47(34-17-6-4-7-18-34)52-49(35-19-8-5-9-20-35)51-33(3)36-29-30-45-40(31-36)39-23-16-27-44-48(39)53(45)46-28-15-14-26-43(46)50(44)41-24-12-10-21-37(41)38-22-11-13-25-42(38)50/h5-6,8-31H,4,7H2,1-3H3. The molecule has 53 heavy (non-hydrogen) atoms. The second-order valence-electron chi connectivity index (χ2n) is 14.6. The van der Waals surface area contributed by atoms with Crippen LogP contribution >= 0.6 is 0 Å². The highest BCUT2D eigenvalue weighted by atomic mass is 15.0. The van der Waals surface area contributed by atoms with E-state index >= 15 is 0 Å². The maximum atomic E-state index is 5.30. The molecule has 1 aromatic heterocycles. The molecule has 7 aromatic rings. The molecule has 0 radical (unpaired) electrons. The summed E-state index contributed by atoms with van der Waals surface area (Å²) in [5.41, 5.74) is 17.6. The minimum atomic E-state index is -0.416. The predicted molar refractivity (Wildman–Crippen MR) is 222 cm³/mol. The van der Waals surface area contributed by atoms with Crippen LogP contribution in [0.5, 0.6) is 0 Å². The summed E-state index contributed by atoms with van der Waals surface area (Å²) < 4.78 is 2.50. The Morgan fingerprint density at radius 1 is 0.585 bits per heavy atom. The summed E-state index contributed by atoms with van der Waals surface area (Å²) in [6.45, 7) is 6.38. The topological polar surface area (TPSA) is 29.6 Å². The Labute approximate surface area is 310 Å². The molecule has 3 nitrogen and oxygen atoms in total. The van der Waals surface area contributed by atoms with Gasteiger partial charge in [0.2, 0.25) is 0 Å². The molecule has 3 heteroatoms. The number of benzene rings is 6. The highest BCUT2D eigenvalue weighted by molar-refractivity contribution is 6.17. The SMILES string of the molecule is CC(=NC(=NC(C1=CCCC=C1)=C(C)C)c1ccccc1)c1ccc2c(c1)c1cccc3c1n2-c1ccccc1C31c2ccccc2-c2ccccc21. The van der Waals surface area contributed by atoms with E-state index in [1.54, 1.807) is 0 Å². The van der Waals surface area contributed by atoms with Crippen molar-refractivity contribution in [1.82, 2.24) is 4.57 Å². The number of hydrogen-bond donors (Lipinski definition) is 0. The van der Waals surface area contributed by atoms with Crippen molar-refractivity contribution in [3.63, 3.8) is 0 Å². The first-order valence-electron chi connectivity index (χ1n) is 18.7. The molecule has 0 amide bonds. The smallest absolute Gasteiger partial charge is 0.160 e. The van der Waals surface area contributed by atoms with Gasteiger partial charge in [-0.2, -0.15) is 0 Å². The van der Waals surface area contributed by atoms with Gasteiger partial charge >= 0.3 is 0 Å². The van der Waals surface area contributed by atoms with E-state index in [4.69, 9.17) is 9.98 Å². The second kappa shape index (κ2) is 12.1. The fourth-order valence-corrected chi connectivity index (χ4v) is 9.12. The molecule has 0 saturated heterocycles. The van der Waals surface area contributed by atoms with Crippen LogP contribution in [0.3, 0.4) is 0 Å². The third-order valence-electron chi connectivity index (χ3n) is 11.4. The molecule has 0 unspecified atom stereocenters. The fourth-order valence-electron chi connectivity index (χ4n) is 9.12. The zero-order valence-electron chi connectivity index (χ0n) is 30.3. The first-order valence-corrected chi connectivity index (χ1v) is 18.7. The lowest BCUT2D eigenvalue weighted by Gasteiger charge is -2.39. The number of allylic oxidation sites excluding steroid dienone is 4. The van der Waals surface area contributed by atoms with Gasteiger partial charge in [0.1, 0.15) is 0 Å². The number of aromatic nitrogens is 1. The molecule has 6 aromatic carbocycles. The highest BCUT2D eigenvalue weighted by Crippen LogP contribution is 2.60. The molecule has 0 fully saturated rings. The van der Waals surface area contributed by atoms with Gasteiger partial charge in [0.05, 0.1) is 27.8 Å². The van der Waals surface area contributed by atoms with Crippen molar-refractivity contribution >= 4 is 33.4 Å².